The highest BCUT2D eigenvalue weighted by Gasteiger charge is 2.18. The highest BCUT2D eigenvalue weighted by molar-refractivity contribution is 5.54. The van der Waals surface area contributed by atoms with Crippen LogP contribution in [0.2, 0.25) is 0 Å². The van der Waals surface area contributed by atoms with Gasteiger partial charge < -0.3 is 15.7 Å². The highest BCUT2D eigenvalue weighted by Crippen LogP contribution is 2.21. The van der Waals surface area contributed by atoms with Gasteiger partial charge in [-0.1, -0.05) is 0 Å². The van der Waals surface area contributed by atoms with Crippen LogP contribution < -0.4 is 10.6 Å². The average Bonchev–Trinajstić information content (AvgIpc) is 2.22. The van der Waals surface area contributed by atoms with E-state index in [1.807, 2.05) is 13.0 Å². The largest absolute Gasteiger partial charge is 0.398 e. The summed E-state index contributed by atoms with van der Waals surface area (Å²) in [5.74, 6) is 0.872. The zero-order valence-corrected chi connectivity index (χ0v) is 8.98. The minimum Gasteiger partial charge on any atom is -0.398 e. The van der Waals surface area contributed by atoms with Crippen molar-refractivity contribution >= 4 is 11.5 Å². The second-order valence-electron chi connectivity index (χ2n) is 4.14. The van der Waals surface area contributed by atoms with E-state index >= 15 is 0 Å². The summed E-state index contributed by atoms with van der Waals surface area (Å²) in [6.45, 7) is 3.55. The molecule has 1 saturated heterocycles. The molecule has 0 bridgehead atoms. The van der Waals surface area contributed by atoms with Gasteiger partial charge in [0.25, 0.3) is 0 Å². The first kappa shape index (κ1) is 10.2. The maximum Gasteiger partial charge on any atom is 0.130 e. The summed E-state index contributed by atoms with van der Waals surface area (Å²) in [4.78, 5) is 6.42. The van der Waals surface area contributed by atoms with Crippen LogP contribution >= 0.6 is 0 Å². The Hall–Kier alpha value is -1.29. The van der Waals surface area contributed by atoms with Gasteiger partial charge in [-0.3, -0.25) is 0 Å². The molecule has 0 spiro atoms. The van der Waals surface area contributed by atoms with Crippen LogP contribution in [0.3, 0.4) is 0 Å². The first-order chi connectivity index (χ1) is 7.16. The van der Waals surface area contributed by atoms with Crippen LogP contribution in [-0.4, -0.2) is 29.3 Å². The lowest BCUT2D eigenvalue weighted by Gasteiger charge is -2.31. The molecule has 0 amide bonds. The third-order valence-electron chi connectivity index (χ3n) is 2.85. The molecule has 2 heterocycles. The van der Waals surface area contributed by atoms with E-state index in [0.29, 0.717) is 6.54 Å². The number of piperidine rings is 1. The molecule has 4 heteroatoms. The summed E-state index contributed by atoms with van der Waals surface area (Å²) >= 11 is 0. The van der Waals surface area contributed by atoms with Crippen molar-refractivity contribution in [1.82, 2.24) is 4.98 Å². The Kier molecular flexibility index (Phi) is 2.77. The topological polar surface area (TPSA) is 62.4 Å². The van der Waals surface area contributed by atoms with Gasteiger partial charge in [-0.2, -0.15) is 0 Å². The third-order valence-corrected chi connectivity index (χ3v) is 2.85. The van der Waals surface area contributed by atoms with Crippen molar-refractivity contribution in [3.05, 3.63) is 17.8 Å². The molecule has 2 rings (SSSR count). The summed E-state index contributed by atoms with van der Waals surface area (Å²) in [5, 5.41) is 9.56. The van der Waals surface area contributed by atoms with Gasteiger partial charge in [0.2, 0.25) is 0 Å². The molecule has 1 aliphatic heterocycles. The minimum atomic E-state index is -0.233. The fraction of sp³-hybridized carbons (Fsp3) is 0.545. The van der Waals surface area contributed by atoms with Crippen molar-refractivity contribution < 1.29 is 5.11 Å². The summed E-state index contributed by atoms with van der Waals surface area (Å²) in [6.07, 6.45) is 3.45. The number of rotatable bonds is 1. The van der Waals surface area contributed by atoms with Gasteiger partial charge in [0, 0.05) is 31.0 Å². The number of aryl methyl sites for hydroxylation is 1. The predicted octanol–water partition coefficient (Wildman–Crippen LogP) is 0.933. The molecular formula is C11H17N3O. The van der Waals surface area contributed by atoms with E-state index in [4.69, 9.17) is 5.73 Å². The van der Waals surface area contributed by atoms with Crippen LogP contribution in [0.1, 0.15) is 18.4 Å². The third kappa shape index (κ3) is 2.21. The van der Waals surface area contributed by atoms with Crippen LogP contribution in [-0.2, 0) is 0 Å². The molecule has 1 fully saturated rings. The fourth-order valence-electron chi connectivity index (χ4n) is 1.86. The molecular weight excluding hydrogens is 190 g/mol. The molecule has 1 aromatic rings. The molecule has 3 N–H and O–H groups in total. The van der Waals surface area contributed by atoms with Gasteiger partial charge in [0.15, 0.2) is 0 Å². The molecule has 0 radical (unpaired) electrons. The molecule has 0 aromatic carbocycles. The summed E-state index contributed by atoms with van der Waals surface area (Å²) in [7, 11) is 0. The number of hydrogen-bond acceptors (Lipinski definition) is 4. The number of hydrogen-bond donors (Lipinski definition) is 2. The molecule has 1 unspecified atom stereocenters. The van der Waals surface area contributed by atoms with Gasteiger partial charge in [-0.25, -0.2) is 4.98 Å². The monoisotopic (exact) mass is 207 g/mol. The average molecular weight is 207 g/mol. The molecule has 1 aliphatic rings. The van der Waals surface area contributed by atoms with Crippen molar-refractivity contribution in [2.75, 3.05) is 23.7 Å². The Morgan fingerprint density at radius 1 is 1.60 bits per heavy atom. The number of pyridine rings is 1. The quantitative estimate of drug-likeness (QED) is 0.719. The first-order valence-electron chi connectivity index (χ1n) is 5.32. The lowest BCUT2D eigenvalue weighted by atomic mass is 10.1. The summed E-state index contributed by atoms with van der Waals surface area (Å²) < 4.78 is 0. The van der Waals surface area contributed by atoms with Gasteiger partial charge in [0.1, 0.15) is 5.82 Å². The van der Waals surface area contributed by atoms with Crippen LogP contribution in [0.5, 0.6) is 0 Å². The molecule has 4 nitrogen and oxygen atoms in total. The van der Waals surface area contributed by atoms with E-state index in [1.54, 1.807) is 6.20 Å². The first-order valence-corrected chi connectivity index (χ1v) is 5.32. The van der Waals surface area contributed by atoms with Crippen LogP contribution in [0.25, 0.3) is 0 Å². The number of anilines is 2. The summed E-state index contributed by atoms with van der Waals surface area (Å²) in [6, 6.07) is 1.88. The zero-order chi connectivity index (χ0) is 10.8. The second-order valence-corrected chi connectivity index (χ2v) is 4.14. The van der Waals surface area contributed by atoms with Crippen molar-refractivity contribution in [2.45, 2.75) is 25.9 Å². The summed E-state index contributed by atoms with van der Waals surface area (Å²) in [5.41, 5.74) is 7.59. The Balaban J connectivity index is 2.18. The Morgan fingerprint density at radius 2 is 2.40 bits per heavy atom. The van der Waals surface area contributed by atoms with Gasteiger partial charge in [-0.05, 0) is 25.3 Å². The van der Waals surface area contributed by atoms with E-state index in [2.05, 4.69) is 9.88 Å². The van der Waals surface area contributed by atoms with Crippen LogP contribution in [0, 0.1) is 6.92 Å². The smallest absolute Gasteiger partial charge is 0.130 e. The van der Waals surface area contributed by atoms with Crippen molar-refractivity contribution in [2.24, 2.45) is 0 Å². The maximum absolute atomic E-state index is 9.56. The van der Waals surface area contributed by atoms with E-state index in [9.17, 15) is 5.11 Å². The number of nitrogens with zero attached hydrogens (tertiary/aromatic N) is 2. The van der Waals surface area contributed by atoms with Gasteiger partial charge >= 0.3 is 0 Å². The second kappa shape index (κ2) is 4.06. The number of aromatic nitrogens is 1. The zero-order valence-electron chi connectivity index (χ0n) is 8.98. The maximum atomic E-state index is 9.56. The van der Waals surface area contributed by atoms with E-state index in [0.717, 1.165) is 36.5 Å². The number of nitrogen functional groups attached to an aromatic ring is 1. The number of β-amino-alcohol motifs (C(OH)–C–C–N with tert-alkyl or cyclic N) is 1. The van der Waals surface area contributed by atoms with Crippen molar-refractivity contribution in [3.8, 4) is 0 Å². The lowest BCUT2D eigenvalue weighted by molar-refractivity contribution is 0.154. The van der Waals surface area contributed by atoms with Crippen LogP contribution in [0.15, 0.2) is 12.3 Å². The minimum absolute atomic E-state index is 0.233. The molecule has 82 valence electrons. The highest BCUT2D eigenvalue weighted by atomic mass is 16.3. The van der Waals surface area contributed by atoms with E-state index in [1.165, 1.54) is 0 Å². The van der Waals surface area contributed by atoms with E-state index < -0.39 is 0 Å². The molecule has 1 atom stereocenters. The van der Waals surface area contributed by atoms with Crippen LogP contribution in [0.4, 0.5) is 11.5 Å². The Bertz CT molecular complexity index is 354. The van der Waals surface area contributed by atoms with Crippen molar-refractivity contribution in [1.29, 1.82) is 0 Å². The van der Waals surface area contributed by atoms with E-state index in [-0.39, 0.29) is 6.10 Å². The standard InChI is InChI=1S/C11H17N3O/c1-8-6-13-11(5-10(8)12)14-4-2-3-9(15)7-14/h5-6,9,15H,2-4,7H2,1H3,(H2,12,13). The molecule has 1 aromatic heterocycles. The Morgan fingerprint density at radius 3 is 3.07 bits per heavy atom. The Labute approximate surface area is 89.7 Å². The molecule has 0 saturated carbocycles. The normalized spacial score (nSPS) is 21.7. The molecule has 15 heavy (non-hydrogen) atoms. The number of nitrogens with two attached hydrogens (primary N) is 1. The fourth-order valence-corrected chi connectivity index (χ4v) is 1.86. The number of aliphatic hydroxyl groups excluding tert-OH is 1. The molecule has 0 aliphatic carbocycles. The predicted molar refractivity (Wildman–Crippen MR) is 60.8 cm³/mol. The number of aliphatic hydroxyl groups is 1. The van der Waals surface area contributed by atoms with Gasteiger partial charge in [-0.15, -0.1) is 0 Å². The lowest BCUT2D eigenvalue weighted by Crippen LogP contribution is -2.38. The van der Waals surface area contributed by atoms with Crippen molar-refractivity contribution in [3.63, 3.8) is 0 Å². The van der Waals surface area contributed by atoms with Gasteiger partial charge in [0.05, 0.1) is 6.10 Å². The SMILES string of the molecule is Cc1cnc(N2CCCC(O)C2)cc1N.